The van der Waals surface area contributed by atoms with E-state index in [1.807, 2.05) is 0 Å². The van der Waals surface area contributed by atoms with E-state index in [9.17, 15) is 18.0 Å². The van der Waals surface area contributed by atoms with Crippen LogP contribution in [0.3, 0.4) is 0 Å². The number of amides is 1. The third kappa shape index (κ3) is 2.96. The molecule has 0 spiro atoms. The Balaban J connectivity index is 1.94. The van der Waals surface area contributed by atoms with Crippen LogP contribution in [0, 0.1) is 11.8 Å². The standard InChI is InChI=1S/C12H19F3N2O/c13-12(14,15)9-3-1-2-8(6-9)11(18)17-5-4-10(16)7-17/h8-10H,1-7,16H2/t8?,9?,10-/m1/s1. The van der Waals surface area contributed by atoms with Crippen LogP contribution < -0.4 is 5.73 Å². The maximum absolute atomic E-state index is 12.7. The molecule has 2 N–H and O–H groups in total. The molecular formula is C12H19F3N2O. The van der Waals surface area contributed by atoms with Crippen molar-refractivity contribution in [1.29, 1.82) is 0 Å². The van der Waals surface area contributed by atoms with Crippen molar-refractivity contribution in [2.45, 2.75) is 44.3 Å². The molecule has 1 aliphatic carbocycles. The number of likely N-dealkylation sites (tertiary alicyclic amines) is 1. The van der Waals surface area contributed by atoms with Crippen LogP contribution in [0.15, 0.2) is 0 Å². The van der Waals surface area contributed by atoms with Gasteiger partial charge in [-0.3, -0.25) is 4.79 Å². The molecule has 3 atom stereocenters. The zero-order valence-corrected chi connectivity index (χ0v) is 10.2. The molecule has 1 heterocycles. The third-order valence-corrected chi connectivity index (χ3v) is 4.02. The highest BCUT2D eigenvalue weighted by Crippen LogP contribution is 2.40. The van der Waals surface area contributed by atoms with E-state index >= 15 is 0 Å². The van der Waals surface area contributed by atoms with Gasteiger partial charge in [0, 0.05) is 25.0 Å². The van der Waals surface area contributed by atoms with Crippen LogP contribution in [-0.4, -0.2) is 36.1 Å². The monoisotopic (exact) mass is 264 g/mol. The van der Waals surface area contributed by atoms with Crippen molar-refractivity contribution in [2.24, 2.45) is 17.6 Å². The summed E-state index contributed by atoms with van der Waals surface area (Å²) in [5.41, 5.74) is 5.72. The second kappa shape index (κ2) is 5.07. The summed E-state index contributed by atoms with van der Waals surface area (Å²) >= 11 is 0. The number of alkyl halides is 3. The molecule has 0 aromatic heterocycles. The average molecular weight is 264 g/mol. The van der Waals surface area contributed by atoms with E-state index in [4.69, 9.17) is 5.73 Å². The average Bonchev–Trinajstić information content (AvgIpc) is 2.74. The van der Waals surface area contributed by atoms with E-state index < -0.39 is 18.0 Å². The molecular weight excluding hydrogens is 245 g/mol. The first-order chi connectivity index (χ1) is 8.38. The first-order valence-corrected chi connectivity index (χ1v) is 6.49. The highest BCUT2D eigenvalue weighted by molar-refractivity contribution is 5.79. The lowest BCUT2D eigenvalue weighted by atomic mass is 9.80. The lowest BCUT2D eigenvalue weighted by Crippen LogP contribution is -2.40. The second-order valence-electron chi connectivity index (χ2n) is 5.44. The van der Waals surface area contributed by atoms with Crippen molar-refractivity contribution in [1.82, 2.24) is 4.90 Å². The van der Waals surface area contributed by atoms with Gasteiger partial charge in [-0.15, -0.1) is 0 Å². The first kappa shape index (κ1) is 13.6. The minimum Gasteiger partial charge on any atom is -0.341 e. The Morgan fingerprint density at radius 3 is 2.50 bits per heavy atom. The van der Waals surface area contributed by atoms with E-state index in [2.05, 4.69) is 0 Å². The third-order valence-electron chi connectivity index (χ3n) is 4.02. The first-order valence-electron chi connectivity index (χ1n) is 6.49. The van der Waals surface area contributed by atoms with Gasteiger partial charge in [0.25, 0.3) is 0 Å². The van der Waals surface area contributed by atoms with Gasteiger partial charge in [-0.05, 0) is 25.7 Å². The Bertz CT molecular complexity index is 319. The highest BCUT2D eigenvalue weighted by Gasteiger charge is 2.44. The Hall–Kier alpha value is -0.780. The SMILES string of the molecule is N[C@@H]1CCN(C(=O)C2CCCC(C(F)(F)F)C2)C1. The van der Waals surface area contributed by atoms with E-state index in [-0.39, 0.29) is 24.8 Å². The van der Waals surface area contributed by atoms with Gasteiger partial charge in [-0.2, -0.15) is 13.2 Å². The van der Waals surface area contributed by atoms with E-state index in [0.717, 1.165) is 6.42 Å². The zero-order chi connectivity index (χ0) is 13.3. The van der Waals surface area contributed by atoms with Gasteiger partial charge in [-0.25, -0.2) is 0 Å². The number of nitrogens with zero attached hydrogens (tertiary/aromatic N) is 1. The normalized spacial score (nSPS) is 33.8. The Labute approximate surface area is 104 Å². The molecule has 3 nitrogen and oxygen atoms in total. The molecule has 0 bridgehead atoms. The Kier molecular flexibility index (Phi) is 3.84. The molecule has 0 aromatic carbocycles. The van der Waals surface area contributed by atoms with Crippen molar-refractivity contribution in [3.05, 3.63) is 0 Å². The molecule has 104 valence electrons. The maximum atomic E-state index is 12.7. The largest absolute Gasteiger partial charge is 0.391 e. The van der Waals surface area contributed by atoms with Gasteiger partial charge in [0.1, 0.15) is 0 Å². The minimum absolute atomic E-state index is 0.0176. The molecule has 0 radical (unpaired) electrons. The molecule has 18 heavy (non-hydrogen) atoms. The summed E-state index contributed by atoms with van der Waals surface area (Å²) in [7, 11) is 0. The number of rotatable bonds is 1. The van der Waals surface area contributed by atoms with Crippen LogP contribution in [0.25, 0.3) is 0 Å². The Morgan fingerprint density at radius 2 is 1.94 bits per heavy atom. The molecule has 2 aliphatic rings. The highest BCUT2D eigenvalue weighted by atomic mass is 19.4. The van der Waals surface area contributed by atoms with Crippen LogP contribution in [-0.2, 0) is 4.79 Å². The van der Waals surface area contributed by atoms with Crippen LogP contribution in [0.4, 0.5) is 13.2 Å². The molecule has 1 saturated carbocycles. The number of nitrogens with two attached hydrogens (primary N) is 1. The summed E-state index contributed by atoms with van der Waals surface area (Å²) in [4.78, 5) is 13.8. The summed E-state index contributed by atoms with van der Waals surface area (Å²) in [6, 6.07) is -0.0176. The fourth-order valence-corrected chi connectivity index (χ4v) is 2.96. The van der Waals surface area contributed by atoms with E-state index in [1.54, 1.807) is 4.90 Å². The number of carbonyl (C=O) groups is 1. The minimum atomic E-state index is -4.17. The van der Waals surface area contributed by atoms with Gasteiger partial charge in [0.05, 0.1) is 5.92 Å². The van der Waals surface area contributed by atoms with Crippen molar-refractivity contribution in [3.63, 3.8) is 0 Å². The summed E-state index contributed by atoms with van der Waals surface area (Å²) in [6.07, 6.45) is -2.24. The van der Waals surface area contributed by atoms with Gasteiger partial charge in [0.15, 0.2) is 0 Å². The fraction of sp³-hybridized carbons (Fsp3) is 0.917. The second-order valence-corrected chi connectivity index (χ2v) is 5.44. The molecule has 2 rings (SSSR count). The fourth-order valence-electron chi connectivity index (χ4n) is 2.96. The zero-order valence-electron chi connectivity index (χ0n) is 10.2. The molecule has 6 heteroatoms. The number of carbonyl (C=O) groups excluding carboxylic acids is 1. The van der Waals surface area contributed by atoms with Gasteiger partial charge < -0.3 is 10.6 Å². The van der Waals surface area contributed by atoms with Crippen molar-refractivity contribution >= 4 is 5.91 Å². The lowest BCUT2D eigenvalue weighted by Gasteiger charge is -2.32. The maximum Gasteiger partial charge on any atom is 0.391 e. The molecule has 0 aromatic rings. The summed E-state index contributed by atoms with van der Waals surface area (Å²) in [5.74, 6) is -1.90. The number of hydrogen-bond acceptors (Lipinski definition) is 2. The summed E-state index contributed by atoms with van der Waals surface area (Å²) in [6.45, 7) is 1.08. The quantitative estimate of drug-likeness (QED) is 0.786. The summed E-state index contributed by atoms with van der Waals surface area (Å²) < 4.78 is 38.0. The van der Waals surface area contributed by atoms with Crippen LogP contribution in [0.2, 0.25) is 0 Å². The van der Waals surface area contributed by atoms with Crippen molar-refractivity contribution in [2.75, 3.05) is 13.1 Å². The molecule has 2 fully saturated rings. The predicted molar refractivity (Wildman–Crippen MR) is 60.7 cm³/mol. The number of halogens is 3. The smallest absolute Gasteiger partial charge is 0.341 e. The van der Waals surface area contributed by atoms with Crippen molar-refractivity contribution in [3.8, 4) is 0 Å². The summed E-state index contributed by atoms with van der Waals surface area (Å²) in [5, 5.41) is 0. The van der Waals surface area contributed by atoms with Crippen LogP contribution in [0.1, 0.15) is 32.1 Å². The van der Waals surface area contributed by atoms with E-state index in [0.29, 0.717) is 25.9 Å². The topological polar surface area (TPSA) is 46.3 Å². The van der Waals surface area contributed by atoms with Gasteiger partial charge in [-0.1, -0.05) is 6.42 Å². The predicted octanol–water partition coefficient (Wildman–Crippen LogP) is 1.91. The van der Waals surface area contributed by atoms with Gasteiger partial charge >= 0.3 is 6.18 Å². The van der Waals surface area contributed by atoms with E-state index in [1.165, 1.54) is 0 Å². The molecule has 1 aliphatic heterocycles. The molecule has 1 amide bonds. The lowest BCUT2D eigenvalue weighted by molar-refractivity contribution is -0.187. The van der Waals surface area contributed by atoms with Crippen molar-refractivity contribution < 1.29 is 18.0 Å². The van der Waals surface area contributed by atoms with Gasteiger partial charge in [0.2, 0.25) is 5.91 Å². The van der Waals surface area contributed by atoms with Crippen LogP contribution in [0.5, 0.6) is 0 Å². The molecule has 1 saturated heterocycles. The molecule has 2 unspecified atom stereocenters. The number of hydrogen-bond donors (Lipinski definition) is 1. The Morgan fingerprint density at radius 1 is 1.22 bits per heavy atom. The van der Waals surface area contributed by atoms with Crippen LogP contribution >= 0.6 is 0 Å².